The molecule has 0 aromatic heterocycles. The van der Waals surface area contributed by atoms with Crippen LogP contribution >= 0.6 is 0 Å². The molecule has 0 radical (unpaired) electrons. The summed E-state index contributed by atoms with van der Waals surface area (Å²) in [7, 11) is 0. The van der Waals surface area contributed by atoms with E-state index in [1.165, 1.54) is 0 Å². The number of piperazine rings is 2. The van der Waals surface area contributed by atoms with Gasteiger partial charge in [-0.2, -0.15) is 0 Å². The molecular weight excluding hydrogens is 328 g/mol. The van der Waals surface area contributed by atoms with Gasteiger partial charge in [-0.25, -0.2) is 0 Å². The molecule has 0 bridgehead atoms. The third kappa shape index (κ3) is 4.24. The van der Waals surface area contributed by atoms with Gasteiger partial charge in [-0.15, -0.1) is 0 Å². The number of hydrogen-bond donors (Lipinski definition) is 1. The smallest absolute Gasteiger partial charge is 0.254 e. The Hall–Kier alpha value is -1.92. The van der Waals surface area contributed by atoms with E-state index < -0.39 is 0 Å². The minimum absolute atomic E-state index is 0.120. The zero-order chi connectivity index (χ0) is 18.7. The number of benzene rings is 1. The van der Waals surface area contributed by atoms with Gasteiger partial charge >= 0.3 is 0 Å². The minimum atomic E-state index is 0.120. The zero-order valence-electron chi connectivity index (χ0n) is 16.1. The lowest BCUT2D eigenvalue weighted by atomic mass is 10.0. The lowest BCUT2D eigenvalue weighted by molar-refractivity contribution is -0.130. The molecule has 6 nitrogen and oxygen atoms in total. The Kier molecular flexibility index (Phi) is 5.94. The summed E-state index contributed by atoms with van der Waals surface area (Å²) in [5.41, 5.74) is 1.92. The van der Waals surface area contributed by atoms with E-state index in [0.29, 0.717) is 0 Å². The normalized spacial score (nSPS) is 24.6. The quantitative estimate of drug-likeness (QED) is 0.881. The van der Waals surface area contributed by atoms with Gasteiger partial charge in [0.15, 0.2) is 0 Å². The monoisotopic (exact) mass is 358 g/mol. The van der Waals surface area contributed by atoms with Gasteiger partial charge in [0.1, 0.15) is 0 Å². The molecule has 1 aromatic carbocycles. The molecule has 2 fully saturated rings. The Morgan fingerprint density at radius 1 is 1.08 bits per heavy atom. The van der Waals surface area contributed by atoms with Gasteiger partial charge in [0.05, 0.1) is 0 Å². The van der Waals surface area contributed by atoms with Crippen molar-refractivity contribution in [1.82, 2.24) is 20.0 Å². The highest BCUT2D eigenvalue weighted by atomic mass is 16.2. The molecule has 2 aliphatic heterocycles. The Bertz CT molecular complexity index is 645. The molecule has 2 amide bonds. The molecule has 6 heteroatoms. The fourth-order valence-corrected chi connectivity index (χ4v) is 3.96. The van der Waals surface area contributed by atoms with E-state index in [4.69, 9.17) is 0 Å². The summed E-state index contributed by atoms with van der Waals surface area (Å²) >= 11 is 0. The maximum absolute atomic E-state index is 13.0. The van der Waals surface area contributed by atoms with E-state index in [-0.39, 0.29) is 23.9 Å². The summed E-state index contributed by atoms with van der Waals surface area (Å²) in [5.74, 6) is 0.270. The van der Waals surface area contributed by atoms with Crippen molar-refractivity contribution in [2.75, 3.05) is 39.3 Å². The van der Waals surface area contributed by atoms with Crippen LogP contribution in [-0.2, 0) is 11.3 Å². The summed E-state index contributed by atoms with van der Waals surface area (Å²) in [5, 5.41) is 3.37. The van der Waals surface area contributed by atoms with Gasteiger partial charge in [0.2, 0.25) is 5.91 Å². The van der Waals surface area contributed by atoms with Crippen LogP contribution in [0.5, 0.6) is 0 Å². The standard InChI is InChI=1S/C20H30N4O2/c1-15-12-21-13-16(2)24(15)20(26)19-6-4-5-18(11-19)14-22-7-9-23(10-8-22)17(3)25/h4-6,11,15-16,21H,7-10,12-14H2,1-3H3/t15-,16+. The molecule has 142 valence electrons. The zero-order valence-corrected chi connectivity index (χ0v) is 16.1. The average molecular weight is 358 g/mol. The van der Waals surface area contributed by atoms with E-state index in [1.807, 2.05) is 28.0 Å². The number of amides is 2. The van der Waals surface area contributed by atoms with E-state index in [2.05, 4.69) is 30.1 Å². The predicted octanol–water partition coefficient (Wildman–Crippen LogP) is 1.17. The molecular formula is C20H30N4O2. The maximum atomic E-state index is 13.0. The molecule has 1 aromatic rings. The number of carbonyl (C=O) groups is 2. The van der Waals surface area contributed by atoms with Gasteiger partial charge in [-0.3, -0.25) is 14.5 Å². The Morgan fingerprint density at radius 2 is 1.73 bits per heavy atom. The van der Waals surface area contributed by atoms with E-state index in [9.17, 15) is 9.59 Å². The number of carbonyl (C=O) groups excluding carboxylic acids is 2. The van der Waals surface area contributed by atoms with Crippen LogP contribution in [0.1, 0.15) is 36.7 Å². The second kappa shape index (κ2) is 8.18. The van der Waals surface area contributed by atoms with Crippen LogP contribution in [0.25, 0.3) is 0 Å². The topological polar surface area (TPSA) is 55.9 Å². The molecule has 2 saturated heterocycles. The second-order valence-corrected chi connectivity index (χ2v) is 7.55. The van der Waals surface area contributed by atoms with Crippen molar-refractivity contribution in [3.8, 4) is 0 Å². The summed E-state index contributed by atoms with van der Waals surface area (Å²) in [6.07, 6.45) is 0. The third-order valence-corrected chi connectivity index (χ3v) is 5.46. The summed E-state index contributed by atoms with van der Waals surface area (Å²) < 4.78 is 0. The second-order valence-electron chi connectivity index (χ2n) is 7.55. The number of rotatable bonds is 3. The first-order valence-corrected chi connectivity index (χ1v) is 9.56. The molecule has 0 spiro atoms. The van der Waals surface area contributed by atoms with E-state index in [0.717, 1.165) is 56.9 Å². The third-order valence-electron chi connectivity index (χ3n) is 5.46. The molecule has 0 unspecified atom stereocenters. The Balaban J connectivity index is 1.65. The molecule has 2 heterocycles. The molecule has 26 heavy (non-hydrogen) atoms. The average Bonchev–Trinajstić information content (AvgIpc) is 2.62. The van der Waals surface area contributed by atoms with Crippen LogP contribution in [-0.4, -0.2) is 77.9 Å². The molecule has 0 aliphatic carbocycles. The van der Waals surface area contributed by atoms with Gasteiger partial charge < -0.3 is 15.1 Å². The summed E-state index contributed by atoms with van der Waals surface area (Å²) in [6, 6.07) is 8.41. The SMILES string of the molecule is CC(=O)N1CCN(Cc2cccc(C(=O)N3[C@H](C)CNC[C@@H]3C)c2)CC1. The first-order valence-electron chi connectivity index (χ1n) is 9.56. The summed E-state index contributed by atoms with van der Waals surface area (Å²) in [6.45, 7) is 11.6. The number of nitrogens with one attached hydrogen (secondary N) is 1. The largest absolute Gasteiger partial charge is 0.340 e. The van der Waals surface area contributed by atoms with Gasteiger partial charge in [0.25, 0.3) is 5.91 Å². The lowest BCUT2D eigenvalue weighted by Gasteiger charge is -2.39. The molecule has 1 N–H and O–H groups in total. The summed E-state index contributed by atoms with van der Waals surface area (Å²) in [4.78, 5) is 30.7. The Morgan fingerprint density at radius 3 is 2.35 bits per heavy atom. The van der Waals surface area contributed by atoms with E-state index in [1.54, 1.807) is 6.92 Å². The van der Waals surface area contributed by atoms with Gasteiger partial charge in [-0.1, -0.05) is 12.1 Å². The van der Waals surface area contributed by atoms with Crippen molar-refractivity contribution in [1.29, 1.82) is 0 Å². The van der Waals surface area contributed by atoms with Crippen molar-refractivity contribution < 1.29 is 9.59 Å². The molecule has 3 rings (SSSR count). The van der Waals surface area contributed by atoms with Crippen LogP contribution in [0.4, 0.5) is 0 Å². The first kappa shape index (κ1) is 18.9. The lowest BCUT2D eigenvalue weighted by Crippen LogP contribution is -2.57. The number of hydrogen-bond acceptors (Lipinski definition) is 4. The number of nitrogens with zero attached hydrogens (tertiary/aromatic N) is 3. The highest BCUT2D eigenvalue weighted by Gasteiger charge is 2.29. The van der Waals surface area contributed by atoms with Gasteiger partial charge in [0, 0.05) is 70.4 Å². The molecule has 0 saturated carbocycles. The predicted molar refractivity (Wildman–Crippen MR) is 102 cm³/mol. The van der Waals surface area contributed by atoms with Crippen LogP contribution < -0.4 is 5.32 Å². The fraction of sp³-hybridized carbons (Fsp3) is 0.600. The molecule has 2 aliphatic rings. The van der Waals surface area contributed by atoms with Crippen LogP contribution in [0.15, 0.2) is 24.3 Å². The van der Waals surface area contributed by atoms with Crippen LogP contribution in [0, 0.1) is 0 Å². The highest BCUT2D eigenvalue weighted by molar-refractivity contribution is 5.95. The van der Waals surface area contributed by atoms with E-state index >= 15 is 0 Å². The van der Waals surface area contributed by atoms with Gasteiger partial charge in [-0.05, 0) is 31.5 Å². The molecule has 2 atom stereocenters. The van der Waals surface area contributed by atoms with Crippen molar-refractivity contribution in [2.24, 2.45) is 0 Å². The van der Waals surface area contributed by atoms with Crippen molar-refractivity contribution in [3.05, 3.63) is 35.4 Å². The fourth-order valence-electron chi connectivity index (χ4n) is 3.96. The maximum Gasteiger partial charge on any atom is 0.254 e. The van der Waals surface area contributed by atoms with Crippen LogP contribution in [0.3, 0.4) is 0 Å². The Labute approximate surface area is 156 Å². The minimum Gasteiger partial charge on any atom is -0.340 e. The van der Waals surface area contributed by atoms with Crippen molar-refractivity contribution in [3.63, 3.8) is 0 Å². The van der Waals surface area contributed by atoms with Crippen LogP contribution in [0.2, 0.25) is 0 Å². The van der Waals surface area contributed by atoms with Crippen molar-refractivity contribution in [2.45, 2.75) is 39.4 Å². The van der Waals surface area contributed by atoms with Crippen molar-refractivity contribution >= 4 is 11.8 Å². The highest BCUT2D eigenvalue weighted by Crippen LogP contribution is 2.17. The first-order chi connectivity index (χ1) is 12.5.